The maximum atomic E-state index is 12.6. The molecule has 0 bridgehead atoms. The average Bonchev–Trinajstić information content (AvgIpc) is 3.28. The van der Waals surface area contributed by atoms with Gasteiger partial charge in [0, 0.05) is 15.3 Å². The lowest BCUT2D eigenvalue weighted by molar-refractivity contribution is -0.0848. The summed E-state index contributed by atoms with van der Waals surface area (Å²) < 4.78 is 13.2. The summed E-state index contributed by atoms with van der Waals surface area (Å²) in [4.78, 5) is 30.6. The predicted octanol–water partition coefficient (Wildman–Crippen LogP) is 2.21. The van der Waals surface area contributed by atoms with E-state index in [1.54, 1.807) is 37.3 Å². The molecule has 28 heavy (non-hydrogen) atoms. The number of primary amides is 1. The molecule has 0 saturated carbocycles. The molecule has 0 aliphatic carbocycles. The minimum Gasteiger partial charge on any atom is -0.453 e. The van der Waals surface area contributed by atoms with E-state index in [0.717, 1.165) is 0 Å². The molecule has 1 saturated heterocycles. The van der Waals surface area contributed by atoms with Crippen LogP contribution in [-0.2, 0) is 9.47 Å². The van der Waals surface area contributed by atoms with Gasteiger partial charge >= 0.3 is 5.97 Å². The zero-order chi connectivity index (χ0) is 20.3. The van der Waals surface area contributed by atoms with Crippen molar-refractivity contribution in [2.75, 3.05) is 4.43 Å². The van der Waals surface area contributed by atoms with Gasteiger partial charge in [0.2, 0.25) is 5.82 Å². The van der Waals surface area contributed by atoms with Gasteiger partial charge in [-0.25, -0.2) is 14.5 Å². The highest BCUT2D eigenvalue weighted by atomic mass is 127. The number of nitrogens with zero attached hydrogens (tertiary/aromatic N) is 6. The maximum absolute atomic E-state index is 12.6. The Balaban J connectivity index is 1.97. The Morgan fingerprint density at radius 1 is 1.46 bits per heavy atom. The van der Waals surface area contributed by atoms with E-state index in [2.05, 4.69) is 20.1 Å². The molecule has 4 atom stereocenters. The molecular weight excluding hydrogens is 481 g/mol. The van der Waals surface area contributed by atoms with E-state index in [1.165, 1.54) is 11.0 Å². The number of benzene rings is 1. The number of esters is 1. The van der Waals surface area contributed by atoms with Crippen LogP contribution >= 0.6 is 22.6 Å². The zero-order valence-electron chi connectivity index (χ0n) is 14.7. The normalized spacial score (nSPS) is 26.4. The van der Waals surface area contributed by atoms with Crippen LogP contribution < -0.4 is 5.73 Å². The Kier molecular flexibility index (Phi) is 5.82. The van der Waals surface area contributed by atoms with E-state index in [-0.39, 0.29) is 5.82 Å². The molecule has 1 amide bonds. The molecule has 12 heteroatoms. The van der Waals surface area contributed by atoms with Crippen molar-refractivity contribution in [2.45, 2.75) is 25.0 Å². The van der Waals surface area contributed by atoms with Crippen molar-refractivity contribution in [1.82, 2.24) is 14.8 Å². The SMILES string of the molecule is C[C@H]1[C@@H](OC(=O)c2ccccc2)[C@H](n2cnc(C(N)=O)n2)O[C@@]1(CI)N=[N+]=[N-]. The summed E-state index contributed by atoms with van der Waals surface area (Å²) in [6.07, 6.45) is -0.556. The van der Waals surface area contributed by atoms with Crippen molar-refractivity contribution in [3.63, 3.8) is 0 Å². The summed E-state index contributed by atoms with van der Waals surface area (Å²) in [5.41, 5.74) is 13.3. The number of ether oxygens (including phenoxy) is 2. The van der Waals surface area contributed by atoms with Crippen LogP contribution in [-0.4, -0.2) is 42.9 Å². The number of carbonyl (C=O) groups is 2. The Bertz CT molecular complexity index is 930. The molecule has 1 aromatic carbocycles. The minimum atomic E-state index is -1.26. The van der Waals surface area contributed by atoms with Crippen LogP contribution in [0.25, 0.3) is 10.4 Å². The Morgan fingerprint density at radius 2 is 2.18 bits per heavy atom. The van der Waals surface area contributed by atoms with Crippen LogP contribution in [0.1, 0.15) is 34.1 Å². The minimum absolute atomic E-state index is 0.208. The molecule has 1 aromatic heterocycles. The number of amides is 1. The number of hydrogen-bond donors (Lipinski definition) is 1. The molecular formula is C16H16IN7O4. The Labute approximate surface area is 173 Å². The molecule has 1 fully saturated rings. The first-order valence-electron chi connectivity index (χ1n) is 8.19. The molecule has 2 aromatic rings. The smallest absolute Gasteiger partial charge is 0.338 e. The van der Waals surface area contributed by atoms with Gasteiger partial charge in [0.25, 0.3) is 5.91 Å². The lowest BCUT2D eigenvalue weighted by Gasteiger charge is -2.25. The Morgan fingerprint density at radius 3 is 2.75 bits per heavy atom. The fourth-order valence-electron chi connectivity index (χ4n) is 2.90. The van der Waals surface area contributed by atoms with Crippen molar-refractivity contribution >= 4 is 34.5 Å². The first kappa shape index (κ1) is 20.0. The number of nitrogens with two attached hydrogens (primary N) is 1. The number of azide groups is 1. The van der Waals surface area contributed by atoms with Gasteiger partial charge in [0.05, 0.1) is 5.56 Å². The quantitative estimate of drug-likeness (QED) is 0.161. The van der Waals surface area contributed by atoms with Crippen LogP contribution in [0.2, 0.25) is 0 Å². The van der Waals surface area contributed by atoms with Crippen molar-refractivity contribution in [1.29, 1.82) is 0 Å². The van der Waals surface area contributed by atoms with Crippen molar-refractivity contribution < 1.29 is 19.1 Å². The van der Waals surface area contributed by atoms with Crippen LogP contribution in [0, 0.1) is 5.92 Å². The van der Waals surface area contributed by atoms with Crippen molar-refractivity contribution in [2.24, 2.45) is 16.8 Å². The Hall–Kier alpha value is -2.70. The third kappa shape index (κ3) is 3.66. The summed E-state index contributed by atoms with van der Waals surface area (Å²) in [5.74, 6) is -2.08. The standard InChI is InChI=1S/C16H16IN7O4/c1-9-11(27-15(26)10-5-3-2-4-6-10)14(28-16(9,7-17)22-23-19)24-8-20-13(21-24)12(18)25/h2-6,8-9,11,14H,7H2,1H3,(H2,18,25)/t9-,11+,14+,16+/m0/s1. The molecule has 0 unspecified atom stereocenters. The van der Waals surface area contributed by atoms with Gasteiger partial charge in [-0.1, -0.05) is 52.8 Å². The highest BCUT2D eigenvalue weighted by Gasteiger charge is 2.55. The second-order valence-corrected chi connectivity index (χ2v) is 6.88. The highest BCUT2D eigenvalue weighted by molar-refractivity contribution is 14.1. The number of rotatable bonds is 6. The molecule has 2 heterocycles. The summed E-state index contributed by atoms with van der Waals surface area (Å²) in [6, 6.07) is 8.46. The molecule has 146 valence electrons. The van der Waals surface area contributed by atoms with Gasteiger partial charge in [-0.05, 0) is 17.7 Å². The number of aromatic nitrogens is 3. The predicted molar refractivity (Wildman–Crippen MR) is 104 cm³/mol. The van der Waals surface area contributed by atoms with Gasteiger partial charge in [-0.3, -0.25) is 4.79 Å². The summed E-state index contributed by atoms with van der Waals surface area (Å²) >= 11 is 2.03. The van der Waals surface area contributed by atoms with E-state index < -0.39 is 35.9 Å². The summed E-state index contributed by atoms with van der Waals surface area (Å²) in [5, 5.41) is 7.80. The average molecular weight is 497 g/mol. The highest BCUT2D eigenvalue weighted by Crippen LogP contribution is 2.45. The van der Waals surface area contributed by atoms with Gasteiger partial charge in [0.1, 0.15) is 6.33 Å². The fourth-order valence-corrected chi connectivity index (χ4v) is 3.93. The monoisotopic (exact) mass is 497 g/mol. The molecule has 2 N–H and O–H groups in total. The van der Waals surface area contributed by atoms with Gasteiger partial charge in [-0.2, -0.15) is 0 Å². The van der Waals surface area contributed by atoms with Crippen LogP contribution in [0.3, 0.4) is 0 Å². The number of halogens is 1. The molecule has 1 aliphatic heterocycles. The summed E-state index contributed by atoms with van der Waals surface area (Å²) in [7, 11) is 0. The first-order chi connectivity index (χ1) is 13.4. The molecule has 0 spiro atoms. The van der Waals surface area contributed by atoms with Crippen molar-refractivity contribution in [3.05, 3.63) is 58.5 Å². The summed E-state index contributed by atoms with van der Waals surface area (Å²) in [6.45, 7) is 1.75. The first-order valence-corrected chi connectivity index (χ1v) is 9.71. The molecule has 1 aliphatic rings. The number of hydrogen-bond acceptors (Lipinski definition) is 7. The lowest BCUT2D eigenvalue weighted by Crippen LogP contribution is -2.37. The molecule has 11 nitrogen and oxygen atoms in total. The van der Waals surface area contributed by atoms with E-state index >= 15 is 0 Å². The van der Waals surface area contributed by atoms with E-state index in [0.29, 0.717) is 9.99 Å². The maximum Gasteiger partial charge on any atom is 0.338 e. The third-order valence-electron chi connectivity index (χ3n) is 4.46. The topological polar surface area (TPSA) is 158 Å². The van der Waals surface area contributed by atoms with Crippen LogP contribution in [0.15, 0.2) is 41.8 Å². The van der Waals surface area contributed by atoms with Gasteiger partial charge in [-0.15, -0.1) is 5.10 Å². The fraction of sp³-hybridized carbons (Fsp3) is 0.375. The van der Waals surface area contributed by atoms with Gasteiger partial charge in [0.15, 0.2) is 18.1 Å². The third-order valence-corrected chi connectivity index (χ3v) is 5.55. The van der Waals surface area contributed by atoms with E-state index in [1.807, 2.05) is 22.6 Å². The van der Waals surface area contributed by atoms with E-state index in [4.69, 9.17) is 20.7 Å². The van der Waals surface area contributed by atoms with Crippen molar-refractivity contribution in [3.8, 4) is 0 Å². The van der Waals surface area contributed by atoms with Crippen LogP contribution in [0.4, 0.5) is 0 Å². The molecule has 3 rings (SSSR count). The number of alkyl halides is 1. The zero-order valence-corrected chi connectivity index (χ0v) is 16.8. The second-order valence-electron chi connectivity index (χ2n) is 6.11. The van der Waals surface area contributed by atoms with Gasteiger partial charge < -0.3 is 15.2 Å². The lowest BCUT2D eigenvalue weighted by atomic mass is 9.96. The number of carbonyl (C=O) groups excluding carboxylic acids is 2. The van der Waals surface area contributed by atoms with Crippen LogP contribution in [0.5, 0.6) is 0 Å². The largest absolute Gasteiger partial charge is 0.453 e. The molecule has 0 radical (unpaired) electrons. The van der Waals surface area contributed by atoms with E-state index in [9.17, 15) is 9.59 Å². The second kappa shape index (κ2) is 8.12.